The van der Waals surface area contributed by atoms with Crippen LogP contribution in [0.1, 0.15) is 70.3 Å². The summed E-state index contributed by atoms with van der Waals surface area (Å²) in [5, 5.41) is 0. The fraction of sp³-hybridized carbons (Fsp3) is 0.636. The van der Waals surface area contributed by atoms with E-state index in [4.69, 9.17) is 9.47 Å². The zero-order valence-corrected chi connectivity index (χ0v) is 15.9. The molecule has 0 bridgehead atoms. The summed E-state index contributed by atoms with van der Waals surface area (Å²) in [6.07, 6.45) is 10.3. The first-order chi connectivity index (χ1) is 12.6. The molecule has 1 aromatic carbocycles. The molecule has 4 heteroatoms. The van der Waals surface area contributed by atoms with Crippen LogP contribution < -0.4 is 4.74 Å². The molecule has 0 amide bonds. The highest BCUT2D eigenvalue weighted by Crippen LogP contribution is 2.39. The molecule has 1 fully saturated rings. The summed E-state index contributed by atoms with van der Waals surface area (Å²) in [4.78, 5) is 0. The lowest BCUT2D eigenvalue weighted by Crippen LogP contribution is -2.22. The van der Waals surface area contributed by atoms with E-state index in [9.17, 15) is 8.78 Å². The number of allylic oxidation sites excluding steroid dienone is 2. The van der Waals surface area contributed by atoms with Gasteiger partial charge in [0.05, 0.1) is 19.0 Å². The molecule has 2 nitrogen and oxygen atoms in total. The number of rotatable bonds is 6. The SMILES string of the molecule is CCCC1CCC(C2=CCC(c3ccc(OCC)c(F)c3F)CO2)CC1. The molecule has 144 valence electrons. The van der Waals surface area contributed by atoms with Crippen molar-refractivity contribution in [1.29, 1.82) is 0 Å². The van der Waals surface area contributed by atoms with E-state index < -0.39 is 11.6 Å². The van der Waals surface area contributed by atoms with Gasteiger partial charge in [0, 0.05) is 11.8 Å². The average Bonchev–Trinajstić information content (AvgIpc) is 2.67. The normalized spacial score (nSPS) is 26.2. The van der Waals surface area contributed by atoms with Gasteiger partial charge in [-0.3, -0.25) is 0 Å². The first-order valence-electron chi connectivity index (χ1n) is 10.1. The van der Waals surface area contributed by atoms with E-state index in [1.165, 1.54) is 44.6 Å². The molecule has 0 radical (unpaired) electrons. The third-order valence-corrected chi connectivity index (χ3v) is 5.82. The molecule has 0 aromatic heterocycles. The first-order valence-corrected chi connectivity index (χ1v) is 10.1. The first kappa shape index (κ1) is 19.2. The van der Waals surface area contributed by atoms with Gasteiger partial charge in [0.25, 0.3) is 0 Å². The van der Waals surface area contributed by atoms with Gasteiger partial charge in [-0.2, -0.15) is 4.39 Å². The zero-order chi connectivity index (χ0) is 18.5. The van der Waals surface area contributed by atoms with Crippen molar-refractivity contribution in [1.82, 2.24) is 0 Å². The monoisotopic (exact) mass is 364 g/mol. The van der Waals surface area contributed by atoms with Crippen LogP contribution in [0.25, 0.3) is 0 Å². The van der Waals surface area contributed by atoms with Crippen molar-refractivity contribution in [2.45, 2.75) is 64.7 Å². The van der Waals surface area contributed by atoms with E-state index in [1.807, 2.05) is 0 Å². The smallest absolute Gasteiger partial charge is 0.200 e. The van der Waals surface area contributed by atoms with Gasteiger partial charge >= 0.3 is 0 Å². The minimum Gasteiger partial charge on any atom is -0.497 e. The molecular formula is C22H30F2O2. The highest BCUT2D eigenvalue weighted by atomic mass is 19.2. The largest absolute Gasteiger partial charge is 0.497 e. The maximum absolute atomic E-state index is 14.4. The molecule has 1 aliphatic heterocycles. The van der Waals surface area contributed by atoms with Gasteiger partial charge in [0.2, 0.25) is 5.82 Å². The topological polar surface area (TPSA) is 18.5 Å². The summed E-state index contributed by atoms with van der Waals surface area (Å²) in [7, 11) is 0. The van der Waals surface area contributed by atoms with Crippen LogP contribution in [0.4, 0.5) is 8.78 Å². The van der Waals surface area contributed by atoms with Crippen LogP contribution in [0.2, 0.25) is 0 Å². The lowest BCUT2D eigenvalue weighted by molar-refractivity contribution is 0.121. The van der Waals surface area contributed by atoms with Crippen LogP contribution in [0.15, 0.2) is 24.0 Å². The number of benzene rings is 1. The summed E-state index contributed by atoms with van der Waals surface area (Å²) in [6, 6.07) is 3.15. The Hall–Kier alpha value is -1.58. The Kier molecular flexibility index (Phi) is 6.55. The lowest BCUT2D eigenvalue weighted by atomic mass is 9.78. The molecule has 1 unspecified atom stereocenters. The third-order valence-electron chi connectivity index (χ3n) is 5.82. The molecule has 3 rings (SSSR count). The van der Waals surface area contributed by atoms with E-state index >= 15 is 0 Å². The fourth-order valence-electron chi connectivity index (χ4n) is 4.36. The number of hydrogen-bond acceptors (Lipinski definition) is 2. The van der Waals surface area contributed by atoms with Crippen LogP contribution in [0.3, 0.4) is 0 Å². The van der Waals surface area contributed by atoms with Crippen LogP contribution in [0, 0.1) is 23.5 Å². The van der Waals surface area contributed by atoms with Gasteiger partial charge < -0.3 is 9.47 Å². The van der Waals surface area contributed by atoms with Gasteiger partial charge in [-0.15, -0.1) is 0 Å². The van der Waals surface area contributed by atoms with Crippen LogP contribution in [-0.2, 0) is 4.74 Å². The number of halogens is 2. The zero-order valence-electron chi connectivity index (χ0n) is 15.9. The minimum absolute atomic E-state index is 0.0226. The van der Waals surface area contributed by atoms with Crippen molar-refractivity contribution < 1.29 is 18.3 Å². The summed E-state index contributed by atoms with van der Waals surface area (Å²) >= 11 is 0. The lowest BCUT2D eigenvalue weighted by Gasteiger charge is -2.33. The average molecular weight is 364 g/mol. The van der Waals surface area contributed by atoms with Gasteiger partial charge in [-0.25, -0.2) is 4.39 Å². The second-order valence-electron chi connectivity index (χ2n) is 7.57. The van der Waals surface area contributed by atoms with Crippen LogP contribution in [-0.4, -0.2) is 13.2 Å². The summed E-state index contributed by atoms with van der Waals surface area (Å²) in [5.41, 5.74) is 0.382. The van der Waals surface area contributed by atoms with E-state index in [0.29, 0.717) is 31.1 Å². The van der Waals surface area contributed by atoms with Gasteiger partial charge in [0.15, 0.2) is 11.6 Å². The molecule has 1 aliphatic carbocycles. The Balaban J connectivity index is 1.62. The van der Waals surface area contributed by atoms with Crippen molar-refractivity contribution in [2.24, 2.45) is 11.8 Å². The van der Waals surface area contributed by atoms with E-state index in [-0.39, 0.29) is 11.7 Å². The molecule has 0 saturated heterocycles. The molecule has 2 aliphatic rings. The minimum atomic E-state index is -0.895. The maximum Gasteiger partial charge on any atom is 0.200 e. The molecule has 0 spiro atoms. The van der Waals surface area contributed by atoms with E-state index in [1.54, 1.807) is 13.0 Å². The number of hydrogen-bond donors (Lipinski definition) is 0. The molecule has 26 heavy (non-hydrogen) atoms. The predicted molar refractivity (Wildman–Crippen MR) is 99.3 cm³/mol. The maximum atomic E-state index is 14.4. The fourth-order valence-corrected chi connectivity index (χ4v) is 4.36. The Morgan fingerprint density at radius 2 is 1.81 bits per heavy atom. The second kappa shape index (κ2) is 8.88. The van der Waals surface area contributed by atoms with Crippen molar-refractivity contribution in [3.63, 3.8) is 0 Å². The van der Waals surface area contributed by atoms with E-state index in [0.717, 1.165) is 11.7 Å². The van der Waals surface area contributed by atoms with Crippen molar-refractivity contribution in [3.8, 4) is 5.75 Å². The molecule has 1 heterocycles. The quantitative estimate of drug-likeness (QED) is 0.585. The predicted octanol–water partition coefficient (Wildman–Crippen LogP) is 6.36. The molecule has 1 saturated carbocycles. The Labute approximate surface area is 155 Å². The Morgan fingerprint density at radius 1 is 1.04 bits per heavy atom. The standard InChI is InChI=1S/C22H30F2O2/c1-3-5-15-6-8-16(9-7-15)19-12-10-17(14-26-19)18-11-13-20(25-4-2)22(24)21(18)23/h11-13,15-17H,3-10,14H2,1-2H3. The summed E-state index contributed by atoms with van der Waals surface area (Å²) in [6.45, 7) is 4.74. The Bertz CT molecular complexity index is 633. The van der Waals surface area contributed by atoms with Crippen LogP contribution in [0.5, 0.6) is 5.75 Å². The summed E-state index contributed by atoms with van der Waals surface area (Å²) in [5.74, 6) is 0.587. The van der Waals surface area contributed by atoms with Gasteiger partial charge in [-0.05, 0) is 62.7 Å². The third kappa shape index (κ3) is 4.21. The van der Waals surface area contributed by atoms with Crippen molar-refractivity contribution >= 4 is 0 Å². The highest BCUT2D eigenvalue weighted by molar-refractivity contribution is 5.34. The highest BCUT2D eigenvalue weighted by Gasteiger charge is 2.29. The van der Waals surface area contributed by atoms with Gasteiger partial charge in [-0.1, -0.05) is 25.8 Å². The molecule has 0 N–H and O–H groups in total. The number of ether oxygens (including phenoxy) is 2. The molecule has 1 aromatic rings. The second-order valence-corrected chi connectivity index (χ2v) is 7.57. The van der Waals surface area contributed by atoms with Crippen molar-refractivity contribution in [2.75, 3.05) is 13.2 Å². The molecular weight excluding hydrogens is 334 g/mol. The van der Waals surface area contributed by atoms with Gasteiger partial charge in [0.1, 0.15) is 0 Å². The van der Waals surface area contributed by atoms with E-state index in [2.05, 4.69) is 13.0 Å². The van der Waals surface area contributed by atoms with Crippen LogP contribution >= 0.6 is 0 Å². The summed E-state index contributed by atoms with van der Waals surface area (Å²) < 4.78 is 39.6. The Morgan fingerprint density at radius 3 is 2.42 bits per heavy atom. The molecule has 1 atom stereocenters. The van der Waals surface area contributed by atoms with Crippen molar-refractivity contribution in [3.05, 3.63) is 41.2 Å².